The first kappa shape index (κ1) is 13.7. The zero-order valence-electron chi connectivity index (χ0n) is 12.1. The van der Waals surface area contributed by atoms with E-state index in [-0.39, 0.29) is 0 Å². The van der Waals surface area contributed by atoms with Crippen molar-refractivity contribution < 1.29 is 0 Å². The second-order valence-corrected chi connectivity index (χ2v) is 6.53. The topological polar surface area (TPSA) is 37.8 Å². The number of fused-ring (bicyclic) bond motifs is 1. The van der Waals surface area contributed by atoms with Crippen molar-refractivity contribution in [3.05, 3.63) is 34.5 Å². The fraction of sp³-hybridized carbons (Fsp3) is 0.500. The number of pyridine rings is 1. The minimum Gasteiger partial charge on any atom is -0.309 e. The van der Waals surface area contributed by atoms with Crippen molar-refractivity contribution in [1.29, 1.82) is 0 Å². The minimum absolute atomic E-state index is 0.438. The Morgan fingerprint density at radius 3 is 3.15 bits per heavy atom. The molecule has 1 unspecified atom stereocenters. The van der Waals surface area contributed by atoms with Crippen LogP contribution in [-0.4, -0.2) is 16.5 Å². The second-order valence-electron chi connectivity index (χ2n) is 5.44. The van der Waals surface area contributed by atoms with Crippen LogP contribution >= 0.6 is 11.3 Å². The van der Waals surface area contributed by atoms with Gasteiger partial charge in [0.25, 0.3) is 0 Å². The molecule has 0 saturated carbocycles. The predicted octanol–water partition coefficient (Wildman–Crippen LogP) is 3.89. The van der Waals surface area contributed by atoms with Crippen LogP contribution in [0.3, 0.4) is 0 Å². The fourth-order valence-electron chi connectivity index (χ4n) is 2.70. The number of aryl methyl sites for hydroxylation is 2. The number of nitrogens with zero attached hydrogens (tertiary/aromatic N) is 2. The van der Waals surface area contributed by atoms with Gasteiger partial charge in [-0.3, -0.25) is 4.98 Å². The Bertz CT molecular complexity index is 591. The smallest absolute Gasteiger partial charge is 0.142 e. The van der Waals surface area contributed by atoms with Crippen molar-refractivity contribution in [2.45, 2.75) is 45.6 Å². The van der Waals surface area contributed by atoms with Crippen LogP contribution < -0.4 is 5.32 Å². The summed E-state index contributed by atoms with van der Waals surface area (Å²) in [5, 5.41) is 4.70. The molecule has 2 heterocycles. The van der Waals surface area contributed by atoms with Gasteiger partial charge in [-0.2, -0.15) is 0 Å². The van der Waals surface area contributed by atoms with Crippen LogP contribution in [0.25, 0.3) is 10.7 Å². The summed E-state index contributed by atoms with van der Waals surface area (Å²) in [6, 6.07) is 4.59. The molecule has 0 spiro atoms. The van der Waals surface area contributed by atoms with E-state index in [1.54, 1.807) is 0 Å². The molecule has 0 fully saturated rings. The molecule has 1 N–H and O–H groups in total. The van der Waals surface area contributed by atoms with Gasteiger partial charge in [-0.15, -0.1) is 11.3 Å². The molecular formula is C16H21N3S. The molecule has 2 aromatic rings. The highest BCUT2D eigenvalue weighted by Crippen LogP contribution is 2.36. The highest BCUT2D eigenvalue weighted by Gasteiger charge is 2.24. The van der Waals surface area contributed by atoms with Crippen molar-refractivity contribution in [3.8, 4) is 10.7 Å². The third-order valence-electron chi connectivity index (χ3n) is 3.73. The fourth-order valence-corrected chi connectivity index (χ4v) is 3.83. The predicted molar refractivity (Wildman–Crippen MR) is 84.1 cm³/mol. The zero-order valence-corrected chi connectivity index (χ0v) is 13.0. The van der Waals surface area contributed by atoms with Gasteiger partial charge in [-0.1, -0.05) is 6.92 Å². The lowest BCUT2D eigenvalue weighted by molar-refractivity contribution is 0.454. The highest BCUT2D eigenvalue weighted by atomic mass is 32.1. The van der Waals surface area contributed by atoms with Gasteiger partial charge in [-0.25, -0.2) is 4.98 Å². The van der Waals surface area contributed by atoms with Crippen LogP contribution in [0, 0.1) is 6.92 Å². The summed E-state index contributed by atoms with van der Waals surface area (Å²) in [6.45, 7) is 5.38. The van der Waals surface area contributed by atoms with Gasteiger partial charge in [0, 0.05) is 11.1 Å². The summed E-state index contributed by atoms with van der Waals surface area (Å²) in [6.07, 6.45) is 6.68. The van der Waals surface area contributed by atoms with Gasteiger partial charge in [0.2, 0.25) is 0 Å². The summed E-state index contributed by atoms with van der Waals surface area (Å²) in [5.74, 6) is 0. The summed E-state index contributed by atoms with van der Waals surface area (Å²) in [5.41, 5.74) is 3.52. The molecule has 0 aromatic carbocycles. The molecule has 0 saturated heterocycles. The number of hydrogen-bond donors (Lipinski definition) is 1. The molecule has 1 aliphatic rings. The van der Waals surface area contributed by atoms with Crippen molar-refractivity contribution in [1.82, 2.24) is 15.3 Å². The zero-order chi connectivity index (χ0) is 13.9. The van der Waals surface area contributed by atoms with E-state index >= 15 is 0 Å². The van der Waals surface area contributed by atoms with Gasteiger partial charge in [-0.05, 0) is 56.8 Å². The van der Waals surface area contributed by atoms with Gasteiger partial charge in [0.1, 0.15) is 5.01 Å². The number of rotatable bonds is 4. The second kappa shape index (κ2) is 6.02. The molecule has 3 rings (SSSR count). The van der Waals surface area contributed by atoms with Crippen LogP contribution in [0.1, 0.15) is 48.4 Å². The molecule has 2 aromatic heterocycles. The van der Waals surface area contributed by atoms with E-state index in [1.165, 1.54) is 41.8 Å². The standard InChI is InChI=1S/C16H21N3S/c1-3-8-17-12-5-4-6-14-15(12)19-16(20-14)13-10-11(2)7-9-18-13/h7,9-10,12,17H,3-6,8H2,1-2H3. The monoisotopic (exact) mass is 287 g/mol. The quantitative estimate of drug-likeness (QED) is 0.927. The van der Waals surface area contributed by atoms with Crippen molar-refractivity contribution >= 4 is 11.3 Å². The normalized spacial score (nSPS) is 18.0. The first-order valence-electron chi connectivity index (χ1n) is 7.44. The Balaban J connectivity index is 1.91. The maximum atomic E-state index is 4.89. The summed E-state index contributed by atoms with van der Waals surface area (Å²) in [4.78, 5) is 10.8. The van der Waals surface area contributed by atoms with Gasteiger partial charge < -0.3 is 5.32 Å². The summed E-state index contributed by atoms with van der Waals surface area (Å²) in [7, 11) is 0. The maximum absolute atomic E-state index is 4.89. The Morgan fingerprint density at radius 2 is 2.35 bits per heavy atom. The molecule has 20 heavy (non-hydrogen) atoms. The van der Waals surface area contributed by atoms with E-state index in [2.05, 4.69) is 30.2 Å². The molecule has 0 radical (unpaired) electrons. The van der Waals surface area contributed by atoms with Gasteiger partial charge >= 0.3 is 0 Å². The third kappa shape index (κ3) is 2.76. The van der Waals surface area contributed by atoms with Crippen LogP contribution in [0.4, 0.5) is 0 Å². The van der Waals surface area contributed by atoms with Crippen LogP contribution in [0.2, 0.25) is 0 Å². The Hall–Kier alpha value is -1.26. The lowest BCUT2D eigenvalue weighted by Crippen LogP contribution is -2.25. The molecular weight excluding hydrogens is 266 g/mol. The van der Waals surface area contributed by atoms with E-state index in [1.807, 2.05) is 23.6 Å². The lowest BCUT2D eigenvalue weighted by atomic mass is 9.97. The average molecular weight is 287 g/mol. The first-order chi connectivity index (χ1) is 9.78. The molecule has 1 aliphatic carbocycles. The number of aromatic nitrogens is 2. The maximum Gasteiger partial charge on any atom is 0.142 e. The van der Waals surface area contributed by atoms with Crippen molar-refractivity contribution in [3.63, 3.8) is 0 Å². The molecule has 106 valence electrons. The Kier molecular flexibility index (Phi) is 4.13. The van der Waals surface area contributed by atoms with Crippen LogP contribution in [-0.2, 0) is 6.42 Å². The first-order valence-corrected chi connectivity index (χ1v) is 8.25. The van der Waals surface area contributed by atoms with Crippen LogP contribution in [0.15, 0.2) is 18.3 Å². The van der Waals surface area contributed by atoms with E-state index in [9.17, 15) is 0 Å². The molecule has 3 nitrogen and oxygen atoms in total. The summed E-state index contributed by atoms with van der Waals surface area (Å²) < 4.78 is 0. The SMILES string of the molecule is CCCNC1CCCc2sc(-c3cc(C)ccn3)nc21. The average Bonchev–Trinajstić information content (AvgIpc) is 2.89. The van der Waals surface area contributed by atoms with Gasteiger partial charge in [0.15, 0.2) is 0 Å². The molecule has 0 bridgehead atoms. The Morgan fingerprint density at radius 1 is 1.45 bits per heavy atom. The van der Waals surface area contributed by atoms with Gasteiger partial charge in [0.05, 0.1) is 17.4 Å². The molecule has 0 amide bonds. The van der Waals surface area contributed by atoms with E-state index in [0.717, 1.165) is 17.2 Å². The third-order valence-corrected chi connectivity index (χ3v) is 4.88. The van der Waals surface area contributed by atoms with Crippen LogP contribution in [0.5, 0.6) is 0 Å². The van der Waals surface area contributed by atoms with E-state index < -0.39 is 0 Å². The highest BCUT2D eigenvalue weighted by molar-refractivity contribution is 7.15. The Labute approximate surface area is 124 Å². The largest absolute Gasteiger partial charge is 0.309 e. The molecule has 0 aliphatic heterocycles. The minimum atomic E-state index is 0.438. The number of thiazole rings is 1. The van der Waals surface area contributed by atoms with Crippen molar-refractivity contribution in [2.24, 2.45) is 0 Å². The van der Waals surface area contributed by atoms with E-state index in [0.29, 0.717) is 6.04 Å². The molecule has 1 atom stereocenters. The lowest BCUT2D eigenvalue weighted by Gasteiger charge is -2.22. The number of hydrogen-bond acceptors (Lipinski definition) is 4. The number of nitrogens with one attached hydrogen (secondary N) is 1. The molecule has 4 heteroatoms. The van der Waals surface area contributed by atoms with E-state index in [4.69, 9.17) is 4.98 Å². The summed E-state index contributed by atoms with van der Waals surface area (Å²) >= 11 is 1.82. The van der Waals surface area contributed by atoms with Crippen molar-refractivity contribution in [2.75, 3.05) is 6.54 Å².